The van der Waals surface area contributed by atoms with Gasteiger partial charge in [0.2, 0.25) is 0 Å². The lowest BCUT2D eigenvalue weighted by molar-refractivity contribution is -0.00683. The molecule has 1 aliphatic heterocycles. The first-order valence-corrected chi connectivity index (χ1v) is 9.71. The smallest absolute Gasteiger partial charge is 0.251 e. The van der Waals surface area contributed by atoms with Gasteiger partial charge in [0.05, 0.1) is 19.8 Å². The van der Waals surface area contributed by atoms with Crippen LogP contribution in [0.1, 0.15) is 31.1 Å². The molecule has 1 aromatic rings. The fraction of sp³-hybridized carbons (Fsp3) is 0.600. The molecule has 3 N–H and O–H groups in total. The number of morpholine rings is 1. The molecule has 0 radical (unpaired) electrons. The largest absolute Gasteiger partial charge is 0.379 e. The summed E-state index contributed by atoms with van der Waals surface area (Å²) in [6.07, 6.45) is 0. The lowest BCUT2D eigenvalue weighted by Crippen LogP contribution is -2.52. The molecule has 1 fully saturated rings. The molecule has 2 rings (SSSR count). The van der Waals surface area contributed by atoms with Gasteiger partial charge in [-0.05, 0) is 32.9 Å². The Kier molecular flexibility index (Phi) is 8.54. The predicted octanol–water partition coefficient (Wildman–Crippen LogP) is 1.08. The van der Waals surface area contributed by atoms with Crippen molar-refractivity contribution in [3.63, 3.8) is 0 Å². The lowest BCUT2D eigenvalue weighted by atomic mass is 10.0. The van der Waals surface area contributed by atoms with Gasteiger partial charge in [-0.25, -0.2) is 0 Å². The van der Waals surface area contributed by atoms with Crippen LogP contribution in [-0.2, 0) is 4.74 Å². The van der Waals surface area contributed by atoms with Gasteiger partial charge in [0.1, 0.15) is 0 Å². The van der Waals surface area contributed by atoms with Crippen molar-refractivity contribution in [2.45, 2.75) is 26.3 Å². The Hall–Kier alpha value is -2.12. The van der Waals surface area contributed by atoms with Crippen molar-refractivity contribution in [1.29, 1.82) is 0 Å². The number of rotatable bonds is 8. The molecule has 27 heavy (non-hydrogen) atoms. The van der Waals surface area contributed by atoms with Crippen LogP contribution in [0.5, 0.6) is 0 Å². The second-order valence-electron chi connectivity index (χ2n) is 7.16. The van der Waals surface area contributed by atoms with E-state index in [1.807, 2.05) is 37.3 Å². The molecule has 0 spiro atoms. The van der Waals surface area contributed by atoms with Gasteiger partial charge in [0.15, 0.2) is 5.96 Å². The summed E-state index contributed by atoms with van der Waals surface area (Å²) in [4.78, 5) is 19.2. The summed E-state index contributed by atoms with van der Waals surface area (Å²) in [7, 11) is 0. The van der Waals surface area contributed by atoms with E-state index in [1.165, 1.54) is 0 Å². The fourth-order valence-electron chi connectivity index (χ4n) is 2.93. The van der Waals surface area contributed by atoms with Crippen molar-refractivity contribution < 1.29 is 9.53 Å². The SMILES string of the molecule is CCNC(=NCC(C)(C)N1CCOCC1)NCCNC(=O)c1ccccc1. The molecule has 0 saturated carbocycles. The maximum atomic E-state index is 12.0. The van der Waals surface area contributed by atoms with Crippen molar-refractivity contribution in [3.8, 4) is 0 Å². The van der Waals surface area contributed by atoms with Crippen molar-refractivity contribution >= 4 is 11.9 Å². The van der Waals surface area contributed by atoms with Gasteiger partial charge in [-0.3, -0.25) is 14.7 Å². The van der Waals surface area contributed by atoms with E-state index in [2.05, 4.69) is 34.7 Å². The molecule has 1 aromatic carbocycles. The number of ether oxygens (including phenoxy) is 1. The number of hydrogen-bond donors (Lipinski definition) is 3. The number of carbonyl (C=O) groups excluding carboxylic acids is 1. The average Bonchev–Trinajstić information content (AvgIpc) is 2.70. The fourth-order valence-corrected chi connectivity index (χ4v) is 2.93. The Balaban J connectivity index is 1.78. The molecule has 1 heterocycles. The van der Waals surface area contributed by atoms with Crippen LogP contribution in [0.3, 0.4) is 0 Å². The minimum absolute atomic E-state index is 0.0202. The highest BCUT2D eigenvalue weighted by Crippen LogP contribution is 2.16. The van der Waals surface area contributed by atoms with Gasteiger partial charge < -0.3 is 20.7 Å². The zero-order chi connectivity index (χ0) is 19.5. The van der Waals surface area contributed by atoms with Gasteiger partial charge in [-0.1, -0.05) is 18.2 Å². The summed E-state index contributed by atoms with van der Waals surface area (Å²) in [5, 5.41) is 9.46. The maximum absolute atomic E-state index is 12.0. The van der Waals surface area contributed by atoms with E-state index in [1.54, 1.807) is 0 Å². The van der Waals surface area contributed by atoms with Gasteiger partial charge >= 0.3 is 0 Å². The van der Waals surface area contributed by atoms with Crippen molar-refractivity contribution in [3.05, 3.63) is 35.9 Å². The predicted molar refractivity (Wildman–Crippen MR) is 109 cm³/mol. The number of aliphatic imine (C=N–C) groups is 1. The monoisotopic (exact) mass is 375 g/mol. The molecule has 0 bridgehead atoms. The van der Waals surface area contributed by atoms with Crippen molar-refractivity contribution in [1.82, 2.24) is 20.9 Å². The molecule has 7 nitrogen and oxygen atoms in total. The normalized spacial score (nSPS) is 16.0. The van der Waals surface area contributed by atoms with Crippen LogP contribution in [0.25, 0.3) is 0 Å². The lowest BCUT2D eigenvalue weighted by Gasteiger charge is -2.39. The minimum Gasteiger partial charge on any atom is -0.379 e. The molecule has 7 heteroatoms. The van der Waals surface area contributed by atoms with Crippen LogP contribution in [-0.4, -0.2) is 74.8 Å². The highest BCUT2D eigenvalue weighted by atomic mass is 16.5. The second kappa shape index (κ2) is 10.9. The molecule has 0 unspecified atom stereocenters. The van der Waals surface area contributed by atoms with Crippen molar-refractivity contribution in [2.24, 2.45) is 4.99 Å². The molecule has 0 aliphatic carbocycles. The van der Waals surface area contributed by atoms with Crippen LogP contribution in [0, 0.1) is 0 Å². The van der Waals surface area contributed by atoms with E-state index in [9.17, 15) is 4.79 Å². The molecular formula is C20H33N5O2. The Labute approximate surface area is 162 Å². The molecule has 0 aromatic heterocycles. The average molecular weight is 376 g/mol. The Morgan fingerprint density at radius 1 is 1.11 bits per heavy atom. The quantitative estimate of drug-likeness (QED) is 0.360. The number of carbonyl (C=O) groups is 1. The standard InChI is InChI=1S/C20H33N5O2/c1-4-21-19(24-16-20(2,3)25-12-14-27-15-13-25)23-11-10-22-18(26)17-8-6-5-7-9-17/h5-9H,4,10-16H2,1-3H3,(H,22,26)(H2,21,23,24). The topological polar surface area (TPSA) is 78.0 Å². The summed E-state index contributed by atoms with van der Waals surface area (Å²) in [6, 6.07) is 9.23. The number of guanidine groups is 1. The third-order valence-corrected chi connectivity index (χ3v) is 4.57. The second-order valence-corrected chi connectivity index (χ2v) is 7.16. The van der Waals surface area contributed by atoms with Crippen LogP contribution < -0.4 is 16.0 Å². The summed E-state index contributed by atoms with van der Waals surface area (Å²) in [5.74, 6) is 0.709. The van der Waals surface area contributed by atoms with Crippen LogP contribution in [0.15, 0.2) is 35.3 Å². The zero-order valence-electron chi connectivity index (χ0n) is 16.8. The first-order valence-electron chi connectivity index (χ1n) is 9.71. The number of benzene rings is 1. The van der Waals surface area contributed by atoms with E-state index in [0.29, 0.717) is 25.2 Å². The highest BCUT2D eigenvalue weighted by molar-refractivity contribution is 5.94. The van der Waals surface area contributed by atoms with Gasteiger partial charge in [-0.15, -0.1) is 0 Å². The number of nitrogens with one attached hydrogen (secondary N) is 3. The first kappa shape index (κ1) is 21.2. The summed E-state index contributed by atoms with van der Waals surface area (Å²) in [5.41, 5.74) is 0.651. The zero-order valence-corrected chi connectivity index (χ0v) is 16.8. The number of amides is 1. The third kappa shape index (κ3) is 7.19. The van der Waals surface area contributed by atoms with E-state index < -0.39 is 0 Å². The van der Waals surface area contributed by atoms with E-state index >= 15 is 0 Å². The number of nitrogens with zero attached hydrogens (tertiary/aromatic N) is 2. The molecule has 150 valence electrons. The summed E-state index contributed by atoms with van der Waals surface area (Å²) >= 11 is 0. The molecular weight excluding hydrogens is 342 g/mol. The van der Waals surface area contributed by atoms with Gasteiger partial charge in [-0.2, -0.15) is 0 Å². The van der Waals surface area contributed by atoms with E-state index in [4.69, 9.17) is 9.73 Å². The Morgan fingerprint density at radius 3 is 2.44 bits per heavy atom. The Morgan fingerprint density at radius 2 is 1.78 bits per heavy atom. The third-order valence-electron chi connectivity index (χ3n) is 4.57. The van der Waals surface area contributed by atoms with Crippen LogP contribution in [0.2, 0.25) is 0 Å². The van der Waals surface area contributed by atoms with Crippen molar-refractivity contribution in [2.75, 3.05) is 52.5 Å². The number of hydrogen-bond acceptors (Lipinski definition) is 4. The molecule has 1 saturated heterocycles. The summed E-state index contributed by atoms with van der Waals surface area (Å²) < 4.78 is 5.44. The first-order chi connectivity index (χ1) is 13.0. The van der Waals surface area contributed by atoms with Gasteiger partial charge in [0.25, 0.3) is 5.91 Å². The highest BCUT2D eigenvalue weighted by Gasteiger charge is 2.28. The molecule has 1 amide bonds. The van der Waals surface area contributed by atoms with Crippen LogP contribution >= 0.6 is 0 Å². The summed E-state index contributed by atoms with van der Waals surface area (Å²) in [6.45, 7) is 12.6. The van der Waals surface area contributed by atoms with Crippen LogP contribution in [0.4, 0.5) is 0 Å². The minimum atomic E-state index is -0.0622. The molecule has 0 atom stereocenters. The molecule has 1 aliphatic rings. The Bertz CT molecular complexity index is 598. The van der Waals surface area contributed by atoms with Gasteiger partial charge in [0, 0.05) is 43.8 Å². The van der Waals surface area contributed by atoms with E-state index in [0.717, 1.165) is 38.8 Å². The van der Waals surface area contributed by atoms with E-state index in [-0.39, 0.29) is 11.4 Å². The maximum Gasteiger partial charge on any atom is 0.251 e.